The van der Waals surface area contributed by atoms with E-state index in [1.165, 1.54) is 167 Å². The summed E-state index contributed by atoms with van der Waals surface area (Å²) in [6.45, 7) is 4.12. The molecule has 0 aromatic rings. The topological polar surface area (TPSA) is 111 Å². The van der Waals surface area contributed by atoms with Gasteiger partial charge in [0.1, 0.15) is 19.8 Å². The maximum Gasteiger partial charge on any atom is 0.306 e. The quantitative estimate of drug-likeness (QED) is 0.0195. The summed E-state index contributed by atoms with van der Waals surface area (Å²) in [5.74, 6) is -0.840. The Labute approximate surface area is 506 Å². The first-order valence-electron chi connectivity index (χ1n) is 33.9. The molecule has 0 aliphatic heterocycles. The second-order valence-corrected chi connectivity index (χ2v) is 25.2. The van der Waals surface area contributed by atoms with Crippen LogP contribution in [-0.4, -0.2) is 70.0 Å². The zero-order valence-corrected chi connectivity index (χ0v) is 54.8. The number of esters is 2. The molecule has 2 atom stereocenters. The van der Waals surface area contributed by atoms with Gasteiger partial charge in [0.15, 0.2) is 6.10 Å². The number of ether oxygens (including phenoxy) is 2. The van der Waals surface area contributed by atoms with Crippen LogP contribution < -0.4 is 4.89 Å². The fourth-order valence-corrected chi connectivity index (χ4v) is 10.1. The molecule has 0 saturated heterocycles. The SMILES string of the molecule is CC/C=C\C/C=C\C/C=C\C/C=C\C/C=C\CCCCCCCCCCCCCCCCCCCCCCCC(=O)OC(COC(=O)CCCCCCCC/C=C\C/C=C\C/C=C\CCCCCCC)COP(=O)([O-])OCC[N+](C)(C)C. The first kappa shape index (κ1) is 78.9. The lowest BCUT2D eigenvalue weighted by molar-refractivity contribution is -0.870. The Morgan fingerprint density at radius 1 is 0.390 bits per heavy atom. The summed E-state index contributed by atoms with van der Waals surface area (Å²) < 4.78 is 34.3. The van der Waals surface area contributed by atoms with Crippen molar-refractivity contribution in [2.75, 3.05) is 47.5 Å². The Balaban J connectivity index is 4.02. The van der Waals surface area contributed by atoms with E-state index in [0.29, 0.717) is 23.9 Å². The number of hydrogen-bond acceptors (Lipinski definition) is 8. The summed E-state index contributed by atoms with van der Waals surface area (Å²) in [4.78, 5) is 38.0. The number of allylic oxidation sites excluding steroid dienone is 16. The van der Waals surface area contributed by atoms with Crippen molar-refractivity contribution >= 4 is 19.8 Å². The Hall–Kier alpha value is -3.07. The fraction of sp³-hybridized carbons (Fsp3) is 0.750. The first-order valence-corrected chi connectivity index (χ1v) is 35.4. The summed E-state index contributed by atoms with van der Waals surface area (Å²) >= 11 is 0. The Kier molecular flexibility index (Phi) is 60.1. The standard InChI is InChI=1S/C72H128NO8P/c1-6-8-10-12-14-16-18-20-22-24-26-28-29-30-31-32-33-34-35-36-37-38-39-40-41-42-43-45-47-49-51-53-55-57-59-61-63-65-72(75)81-70(69-80-82(76,77)79-67-66-73(3,4)5)68-78-71(74)64-62-60-58-56-54-52-50-48-46-44-27-25-23-21-19-17-15-13-11-9-7-2/h8,10,14,16,19-22,25-28,30-31,46,48,70H,6-7,9,11-13,15,17-18,23-24,29,32-45,47,49-69H2,1-5H3/b10-8-,16-14-,21-19-,22-20-,27-25-,28-26-,31-30-,48-46-. The smallest absolute Gasteiger partial charge is 0.306 e. The minimum atomic E-state index is -4.65. The third-order valence-corrected chi connectivity index (χ3v) is 15.6. The molecule has 0 bridgehead atoms. The van der Waals surface area contributed by atoms with E-state index in [4.69, 9.17) is 18.5 Å². The van der Waals surface area contributed by atoms with Gasteiger partial charge in [0.05, 0.1) is 27.7 Å². The molecule has 0 aliphatic rings. The third kappa shape index (κ3) is 66.1. The highest BCUT2D eigenvalue weighted by Crippen LogP contribution is 2.38. The minimum Gasteiger partial charge on any atom is -0.756 e. The lowest BCUT2D eigenvalue weighted by Crippen LogP contribution is -2.37. The zero-order valence-electron chi connectivity index (χ0n) is 53.9. The van der Waals surface area contributed by atoms with Gasteiger partial charge in [0.25, 0.3) is 7.82 Å². The first-order chi connectivity index (χ1) is 40.0. The zero-order chi connectivity index (χ0) is 59.8. The van der Waals surface area contributed by atoms with Crippen LogP contribution in [0.4, 0.5) is 0 Å². The third-order valence-electron chi connectivity index (χ3n) is 14.6. The number of phosphoric ester groups is 1. The molecule has 82 heavy (non-hydrogen) atoms. The number of nitrogens with zero attached hydrogens (tertiary/aromatic N) is 1. The second-order valence-electron chi connectivity index (χ2n) is 23.8. The summed E-state index contributed by atoms with van der Waals surface area (Å²) in [7, 11) is 1.16. The molecule has 0 rings (SSSR count). The average molecular weight is 1170 g/mol. The molecule has 10 heteroatoms. The molecular formula is C72H128NO8P. The van der Waals surface area contributed by atoms with Gasteiger partial charge in [-0.05, 0) is 96.3 Å². The van der Waals surface area contributed by atoms with Gasteiger partial charge in [-0.1, -0.05) is 284 Å². The average Bonchev–Trinajstić information content (AvgIpc) is 3.46. The van der Waals surface area contributed by atoms with Gasteiger partial charge in [-0.15, -0.1) is 0 Å². The Morgan fingerprint density at radius 3 is 1.04 bits per heavy atom. The molecule has 0 saturated carbocycles. The van der Waals surface area contributed by atoms with E-state index >= 15 is 0 Å². The fourth-order valence-electron chi connectivity index (χ4n) is 9.40. The van der Waals surface area contributed by atoms with Gasteiger partial charge < -0.3 is 27.9 Å². The van der Waals surface area contributed by atoms with E-state index in [1.54, 1.807) is 0 Å². The van der Waals surface area contributed by atoms with Gasteiger partial charge in [-0.25, -0.2) is 0 Å². The van der Waals surface area contributed by atoms with Crippen molar-refractivity contribution in [3.8, 4) is 0 Å². The number of likely N-dealkylation sites (N-methyl/N-ethyl adjacent to an activating group) is 1. The highest BCUT2D eigenvalue weighted by atomic mass is 31.2. The molecule has 0 aliphatic carbocycles. The van der Waals surface area contributed by atoms with Crippen LogP contribution in [0.5, 0.6) is 0 Å². The number of carbonyl (C=O) groups excluding carboxylic acids is 2. The molecule has 0 spiro atoms. The number of rotatable bonds is 62. The van der Waals surface area contributed by atoms with E-state index < -0.39 is 32.5 Å². The van der Waals surface area contributed by atoms with Crippen LogP contribution in [0.3, 0.4) is 0 Å². The van der Waals surface area contributed by atoms with Gasteiger partial charge in [0.2, 0.25) is 0 Å². The molecule has 0 heterocycles. The van der Waals surface area contributed by atoms with Crippen molar-refractivity contribution in [1.29, 1.82) is 0 Å². The maximum absolute atomic E-state index is 12.9. The summed E-state index contributed by atoms with van der Waals surface area (Å²) in [5.41, 5.74) is 0. The van der Waals surface area contributed by atoms with Crippen molar-refractivity contribution in [2.45, 2.75) is 302 Å². The van der Waals surface area contributed by atoms with Crippen LogP contribution in [-0.2, 0) is 32.7 Å². The van der Waals surface area contributed by atoms with Crippen LogP contribution in [0.1, 0.15) is 296 Å². The molecule has 474 valence electrons. The molecule has 9 nitrogen and oxygen atoms in total. The summed E-state index contributed by atoms with van der Waals surface area (Å²) in [5, 5.41) is 0. The second kappa shape index (κ2) is 62.5. The molecule has 0 aromatic heterocycles. The van der Waals surface area contributed by atoms with E-state index in [0.717, 1.165) is 89.9 Å². The Bertz CT molecular complexity index is 1710. The van der Waals surface area contributed by atoms with Crippen molar-refractivity contribution in [3.63, 3.8) is 0 Å². The Morgan fingerprint density at radius 2 is 0.695 bits per heavy atom. The van der Waals surface area contributed by atoms with Gasteiger partial charge in [0, 0.05) is 12.8 Å². The highest BCUT2D eigenvalue weighted by Gasteiger charge is 2.22. The van der Waals surface area contributed by atoms with Gasteiger partial charge in [-0.2, -0.15) is 0 Å². The molecular weight excluding hydrogens is 1040 g/mol. The molecule has 0 fully saturated rings. The number of phosphoric acid groups is 1. The molecule has 2 unspecified atom stereocenters. The van der Waals surface area contributed by atoms with Crippen molar-refractivity contribution < 1.29 is 42.1 Å². The van der Waals surface area contributed by atoms with Gasteiger partial charge >= 0.3 is 11.9 Å². The van der Waals surface area contributed by atoms with Crippen LogP contribution in [0.25, 0.3) is 0 Å². The van der Waals surface area contributed by atoms with Gasteiger partial charge in [-0.3, -0.25) is 14.2 Å². The predicted octanol–water partition coefficient (Wildman–Crippen LogP) is 21.3. The lowest BCUT2D eigenvalue weighted by atomic mass is 10.0. The van der Waals surface area contributed by atoms with E-state index in [2.05, 4.69) is 111 Å². The van der Waals surface area contributed by atoms with Crippen LogP contribution in [0.15, 0.2) is 97.2 Å². The maximum atomic E-state index is 12.9. The molecule has 0 N–H and O–H groups in total. The minimum absolute atomic E-state index is 0.0351. The van der Waals surface area contributed by atoms with Crippen molar-refractivity contribution in [1.82, 2.24) is 0 Å². The van der Waals surface area contributed by atoms with Crippen molar-refractivity contribution in [2.24, 2.45) is 0 Å². The number of hydrogen-bond donors (Lipinski definition) is 0. The number of unbranched alkanes of at least 4 members (excludes halogenated alkanes) is 32. The summed E-state index contributed by atoms with van der Waals surface area (Å²) in [6, 6.07) is 0. The molecule has 0 amide bonds. The molecule has 0 aromatic carbocycles. The normalized spacial score (nSPS) is 13.8. The van der Waals surface area contributed by atoms with E-state index in [1.807, 2.05) is 21.1 Å². The van der Waals surface area contributed by atoms with Crippen LogP contribution >= 0.6 is 7.82 Å². The summed E-state index contributed by atoms with van der Waals surface area (Å²) in [6.07, 6.45) is 86.3. The van der Waals surface area contributed by atoms with Crippen LogP contribution in [0.2, 0.25) is 0 Å². The van der Waals surface area contributed by atoms with E-state index in [-0.39, 0.29) is 26.1 Å². The monoisotopic (exact) mass is 1170 g/mol. The largest absolute Gasteiger partial charge is 0.756 e. The van der Waals surface area contributed by atoms with Crippen molar-refractivity contribution in [3.05, 3.63) is 97.2 Å². The lowest BCUT2D eigenvalue weighted by Gasteiger charge is -2.28. The van der Waals surface area contributed by atoms with Crippen LogP contribution in [0, 0.1) is 0 Å². The highest BCUT2D eigenvalue weighted by molar-refractivity contribution is 7.45. The number of quaternary nitrogens is 1. The number of carbonyl (C=O) groups is 2. The predicted molar refractivity (Wildman–Crippen MR) is 351 cm³/mol. The van der Waals surface area contributed by atoms with E-state index in [9.17, 15) is 19.0 Å². The molecule has 0 radical (unpaired) electrons.